The highest BCUT2D eigenvalue weighted by molar-refractivity contribution is 5.79. The molecule has 2 rings (SSSR count). The molecule has 0 aromatic carbocycles. The van der Waals surface area contributed by atoms with Gasteiger partial charge in [-0.15, -0.1) is 0 Å². The maximum atomic E-state index is 11.8. The number of nitrogens with one attached hydrogen (secondary N) is 2. The third-order valence-corrected chi connectivity index (χ3v) is 2.77. The summed E-state index contributed by atoms with van der Waals surface area (Å²) in [5.41, 5.74) is 6.84. The first kappa shape index (κ1) is 11.7. The highest BCUT2D eigenvalue weighted by Crippen LogP contribution is 2.10. The first-order valence-corrected chi connectivity index (χ1v) is 5.89. The molecule has 6 N–H and O–H groups in total. The Morgan fingerprint density at radius 2 is 2.35 bits per heavy atom. The van der Waals surface area contributed by atoms with Crippen molar-refractivity contribution in [2.75, 3.05) is 12.3 Å². The number of rotatable bonds is 5. The molecule has 0 radical (unpaired) electrons. The van der Waals surface area contributed by atoms with Crippen molar-refractivity contribution < 1.29 is 5.32 Å². The molecule has 17 heavy (non-hydrogen) atoms. The predicted molar refractivity (Wildman–Crippen MR) is 66.5 cm³/mol. The van der Waals surface area contributed by atoms with Gasteiger partial charge in [-0.3, -0.25) is 9.78 Å². The number of aromatic nitrogens is 3. The van der Waals surface area contributed by atoms with Crippen molar-refractivity contribution in [2.45, 2.75) is 26.3 Å². The third-order valence-electron chi connectivity index (χ3n) is 2.77. The van der Waals surface area contributed by atoms with E-state index in [0.717, 1.165) is 18.7 Å². The molecule has 0 aliphatic carbocycles. The van der Waals surface area contributed by atoms with Crippen LogP contribution < -0.4 is 16.6 Å². The third kappa shape index (κ3) is 2.47. The second-order valence-corrected chi connectivity index (χ2v) is 4.12. The molecule has 2 heterocycles. The van der Waals surface area contributed by atoms with Gasteiger partial charge in [0.05, 0.1) is 11.9 Å². The lowest BCUT2D eigenvalue weighted by Crippen LogP contribution is -2.82. The lowest BCUT2D eigenvalue weighted by Gasteiger charge is -1.99. The van der Waals surface area contributed by atoms with E-state index in [4.69, 9.17) is 5.73 Å². The number of quaternary nitrogens is 1. The molecule has 0 spiro atoms. The van der Waals surface area contributed by atoms with Crippen LogP contribution in [0.25, 0.3) is 11.0 Å². The molecular weight excluding hydrogens is 218 g/mol. The van der Waals surface area contributed by atoms with Crippen LogP contribution in [0.15, 0.2) is 11.0 Å². The average Bonchev–Trinajstić information content (AvgIpc) is 2.68. The van der Waals surface area contributed by atoms with E-state index in [-0.39, 0.29) is 11.5 Å². The van der Waals surface area contributed by atoms with Crippen molar-refractivity contribution >= 4 is 17.0 Å². The van der Waals surface area contributed by atoms with Crippen molar-refractivity contribution in [2.24, 2.45) is 0 Å². The largest absolute Gasteiger partial charge is 0.369 e. The van der Waals surface area contributed by atoms with E-state index in [1.807, 2.05) is 6.20 Å². The Hall–Kier alpha value is -1.82. The highest BCUT2D eigenvalue weighted by Gasteiger charge is 2.10. The zero-order valence-electron chi connectivity index (χ0n) is 9.92. The second-order valence-electron chi connectivity index (χ2n) is 4.12. The van der Waals surface area contributed by atoms with Crippen LogP contribution in [0.5, 0.6) is 0 Å². The molecule has 6 nitrogen and oxygen atoms in total. The molecule has 2 aromatic heterocycles. The molecule has 0 bridgehead atoms. The standard InChI is InChI=1S/C11H17N5O/c1-2-3-4-13-5-7-6-14-9-8(7)10(17)16-11(12)15-9/h6,13H,2-5H2,1H3,(H4,12,14,15,16,17)/p+1. The van der Waals surface area contributed by atoms with Gasteiger partial charge in [0, 0.05) is 11.8 Å². The van der Waals surface area contributed by atoms with Gasteiger partial charge in [0.25, 0.3) is 5.56 Å². The Morgan fingerprint density at radius 3 is 3.12 bits per heavy atom. The summed E-state index contributed by atoms with van der Waals surface area (Å²) in [4.78, 5) is 21.3. The Balaban J connectivity index is 2.21. The second kappa shape index (κ2) is 5.01. The fraction of sp³-hybridized carbons (Fsp3) is 0.455. The first-order chi connectivity index (χ1) is 8.22. The number of aromatic amines is 2. The van der Waals surface area contributed by atoms with Gasteiger partial charge in [-0.05, 0) is 6.42 Å². The molecule has 0 amide bonds. The molecule has 92 valence electrons. The zero-order valence-corrected chi connectivity index (χ0v) is 9.92. The molecule has 0 aliphatic rings. The highest BCUT2D eigenvalue weighted by atomic mass is 16.1. The summed E-state index contributed by atoms with van der Waals surface area (Å²) in [6, 6.07) is 0. The molecule has 0 fully saturated rings. The van der Waals surface area contributed by atoms with Crippen molar-refractivity contribution in [3.8, 4) is 0 Å². The van der Waals surface area contributed by atoms with Crippen LogP contribution in [-0.4, -0.2) is 21.5 Å². The number of hydrogen-bond donors (Lipinski definition) is 4. The number of nitrogen functional groups attached to an aromatic ring is 1. The Labute approximate surface area is 98.6 Å². The van der Waals surface area contributed by atoms with Crippen molar-refractivity contribution in [3.05, 3.63) is 22.1 Å². The normalized spacial score (nSPS) is 11.1. The maximum absolute atomic E-state index is 11.8. The monoisotopic (exact) mass is 236 g/mol. The Kier molecular flexibility index (Phi) is 3.43. The number of H-pyrrole nitrogens is 2. The van der Waals surface area contributed by atoms with Crippen LogP contribution in [0.3, 0.4) is 0 Å². The molecule has 0 aliphatic heterocycles. The van der Waals surface area contributed by atoms with Gasteiger partial charge in [0.1, 0.15) is 12.2 Å². The number of anilines is 1. The topological polar surface area (TPSA) is 104 Å². The van der Waals surface area contributed by atoms with Crippen LogP contribution in [0.2, 0.25) is 0 Å². The summed E-state index contributed by atoms with van der Waals surface area (Å²) in [6.45, 7) is 4.02. The summed E-state index contributed by atoms with van der Waals surface area (Å²) in [7, 11) is 0. The minimum absolute atomic E-state index is 0.144. The van der Waals surface area contributed by atoms with Crippen LogP contribution in [0, 0.1) is 0 Å². The molecule has 0 unspecified atom stereocenters. The summed E-state index contributed by atoms with van der Waals surface area (Å²) >= 11 is 0. The van der Waals surface area contributed by atoms with Crippen molar-refractivity contribution in [1.29, 1.82) is 0 Å². The van der Waals surface area contributed by atoms with Crippen LogP contribution in [0.4, 0.5) is 5.95 Å². The number of hydrogen-bond acceptors (Lipinski definition) is 3. The smallest absolute Gasteiger partial charge is 0.262 e. The fourth-order valence-corrected chi connectivity index (χ4v) is 1.89. The van der Waals surface area contributed by atoms with E-state index in [2.05, 4.69) is 27.2 Å². The van der Waals surface area contributed by atoms with Gasteiger partial charge in [0.15, 0.2) is 0 Å². The van der Waals surface area contributed by atoms with E-state index in [1.165, 1.54) is 12.8 Å². The van der Waals surface area contributed by atoms with Gasteiger partial charge in [-0.2, -0.15) is 4.98 Å². The maximum Gasteiger partial charge on any atom is 0.262 e. The van der Waals surface area contributed by atoms with Crippen LogP contribution >= 0.6 is 0 Å². The van der Waals surface area contributed by atoms with Gasteiger partial charge < -0.3 is 16.0 Å². The van der Waals surface area contributed by atoms with Crippen LogP contribution in [0.1, 0.15) is 25.3 Å². The summed E-state index contributed by atoms with van der Waals surface area (Å²) in [6.07, 6.45) is 4.20. The molecular formula is C11H18N5O+. The fourth-order valence-electron chi connectivity index (χ4n) is 1.89. The van der Waals surface area contributed by atoms with E-state index >= 15 is 0 Å². The van der Waals surface area contributed by atoms with Gasteiger partial charge >= 0.3 is 0 Å². The van der Waals surface area contributed by atoms with Crippen LogP contribution in [-0.2, 0) is 6.54 Å². The van der Waals surface area contributed by atoms with Gasteiger partial charge in [-0.25, -0.2) is 0 Å². The van der Waals surface area contributed by atoms with E-state index in [1.54, 1.807) is 0 Å². The average molecular weight is 236 g/mol. The van der Waals surface area contributed by atoms with Crippen molar-refractivity contribution in [1.82, 2.24) is 15.0 Å². The molecule has 0 atom stereocenters. The minimum atomic E-state index is -0.173. The molecule has 6 heteroatoms. The van der Waals surface area contributed by atoms with Crippen molar-refractivity contribution in [3.63, 3.8) is 0 Å². The lowest BCUT2D eigenvalue weighted by atomic mass is 10.2. The Bertz CT molecular complexity index is 556. The summed E-state index contributed by atoms with van der Waals surface area (Å²) < 4.78 is 0. The lowest BCUT2D eigenvalue weighted by molar-refractivity contribution is -0.670. The number of nitrogens with zero attached hydrogens (tertiary/aromatic N) is 1. The summed E-state index contributed by atoms with van der Waals surface area (Å²) in [5, 5.41) is 2.81. The van der Waals surface area contributed by atoms with Gasteiger partial charge in [-0.1, -0.05) is 13.3 Å². The van der Waals surface area contributed by atoms with E-state index in [0.29, 0.717) is 11.0 Å². The predicted octanol–water partition coefficient (Wildman–Crippen LogP) is -0.303. The first-order valence-electron chi connectivity index (χ1n) is 5.89. The Morgan fingerprint density at radius 1 is 1.53 bits per heavy atom. The number of fused-ring (bicyclic) bond motifs is 1. The zero-order chi connectivity index (χ0) is 12.3. The van der Waals surface area contributed by atoms with E-state index < -0.39 is 0 Å². The SMILES string of the molecule is CCCC[NH2+]Cc1c[nH]c2nc(N)[nH]c(=O)c12. The molecule has 0 saturated heterocycles. The number of unbranched alkanes of at least 4 members (excludes halogenated alkanes) is 1. The quantitative estimate of drug-likeness (QED) is 0.535. The molecule has 0 saturated carbocycles. The number of nitrogens with two attached hydrogens (primary N) is 2. The molecule has 2 aromatic rings. The van der Waals surface area contributed by atoms with Gasteiger partial charge in [0.2, 0.25) is 5.95 Å². The minimum Gasteiger partial charge on any atom is -0.369 e. The summed E-state index contributed by atoms with van der Waals surface area (Å²) in [5.74, 6) is 0.144. The van der Waals surface area contributed by atoms with E-state index in [9.17, 15) is 4.79 Å².